The molecule has 0 spiro atoms. The molecule has 0 radical (unpaired) electrons. The van der Waals surface area contributed by atoms with Crippen LogP contribution in [0.3, 0.4) is 0 Å². The Morgan fingerprint density at radius 2 is 1.38 bits per heavy atom. The number of rotatable bonds is 13. The molecule has 2 aromatic carbocycles. The molecule has 2 amide bonds. The lowest BCUT2D eigenvalue weighted by Crippen LogP contribution is -2.45. The third kappa shape index (κ3) is 10.1. The van der Waals surface area contributed by atoms with Gasteiger partial charge in [0.2, 0.25) is 0 Å². The predicted molar refractivity (Wildman–Crippen MR) is 212 cm³/mol. The summed E-state index contributed by atoms with van der Waals surface area (Å²) >= 11 is 0. The highest BCUT2D eigenvalue weighted by atomic mass is 19.1. The Kier molecular flexibility index (Phi) is 13.7. The number of nitrogens with zero attached hydrogens (tertiary/aromatic N) is 3. The number of halogens is 1. The third-order valence-electron chi connectivity index (χ3n) is 9.67. The van der Waals surface area contributed by atoms with Crippen LogP contribution in [-0.2, 0) is 6.54 Å². The molecule has 270 valence electrons. The second kappa shape index (κ2) is 18.8. The van der Waals surface area contributed by atoms with Gasteiger partial charge >= 0.3 is 0 Å². The summed E-state index contributed by atoms with van der Waals surface area (Å²) < 4.78 is 14.6. The molecule has 2 aliphatic rings. The van der Waals surface area contributed by atoms with Gasteiger partial charge in [0.1, 0.15) is 11.6 Å². The van der Waals surface area contributed by atoms with Gasteiger partial charge in [-0.05, 0) is 98.2 Å². The van der Waals surface area contributed by atoms with Crippen LogP contribution in [0.1, 0.15) is 76.9 Å². The quantitative estimate of drug-likeness (QED) is 0.176. The maximum absolute atomic E-state index is 14.6. The molecule has 3 aromatic rings. The number of benzene rings is 2. The number of piperidine rings is 2. The summed E-state index contributed by atoms with van der Waals surface area (Å²) in [6.07, 6.45) is 20.1. The average molecular weight is 700 g/mol. The molecular formula is C44H50FN5O2. The van der Waals surface area contributed by atoms with Crippen LogP contribution in [0.25, 0.3) is 11.1 Å². The number of anilines is 1. The van der Waals surface area contributed by atoms with Crippen LogP contribution >= 0.6 is 0 Å². The molecule has 8 heteroatoms. The van der Waals surface area contributed by atoms with E-state index in [-0.39, 0.29) is 29.7 Å². The molecule has 5 rings (SSSR count). The minimum atomic E-state index is -0.390. The summed E-state index contributed by atoms with van der Waals surface area (Å²) in [7, 11) is 0. The average Bonchev–Trinajstić information content (AvgIpc) is 3.17. The first kappa shape index (κ1) is 37.9. The van der Waals surface area contributed by atoms with Crippen LogP contribution in [0.15, 0.2) is 123 Å². The van der Waals surface area contributed by atoms with Crippen LogP contribution in [0.2, 0.25) is 0 Å². The first-order chi connectivity index (χ1) is 25.3. The van der Waals surface area contributed by atoms with Gasteiger partial charge in [0.05, 0.1) is 0 Å². The highest BCUT2D eigenvalue weighted by Gasteiger charge is 2.24. The van der Waals surface area contributed by atoms with E-state index in [0.29, 0.717) is 22.3 Å². The van der Waals surface area contributed by atoms with E-state index >= 15 is 0 Å². The molecule has 7 nitrogen and oxygen atoms in total. The van der Waals surface area contributed by atoms with Crippen LogP contribution in [-0.4, -0.2) is 60.0 Å². The number of hydrogen-bond donors (Lipinski definition) is 2. The number of allylic oxidation sites excluding steroid dienone is 10. The van der Waals surface area contributed by atoms with Crippen LogP contribution in [0, 0.1) is 5.82 Å². The third-order valence-corrected chi connectivity index (χ3v) is 9.67. The number of likely N-dealkylation sites (tertiary alicyclic amines) is 1. The van der Waals surface area contributed by atoms with Gasteiger partial charge in [-0.3, -0.25) is 14.5 Å². The monoisotopic (exact) mass is 699 g/mol. The van der Waals surface area contributed by atoms with E-state index in [0.717, 1.165) is 80.9 Å². The fourth-order valence-corrected chi connectivity index (χ4v) is 6.66. The van der Waals surface area contributed by atoms with Crippen molar-refractivity contribution in [3.63, 3.8) is 0 Å². The van der Waals surface area contributed by atoms with Crippen molar-refractivity contribution in [3.05, 3.63) is 156 Å². The minimum Gasteiger partial charge on any atom is -0.356 e. The summed E-state index contributed by atoms with van der Waals surface area (Å²) in [6, 6.07) is 16.5. The number of amides is 2. The van der Waals surface area contributed by atoms with Crippen LogP contribution in [0.5, 0.6) is 0 Å². The van der Waals surface area contributed by atoms with Crippen molar-refractivity contribution in [3.8, 4) is 0 Å². The van der Waals surface area contributed by atoms with Crippen LogP contribution < -0.4 is 15.5 Å². The van der Waals surface area contributed by atoms with Crippen molar-refractivity contribution in [2.45, 2.75) is 58.2 Å². The second-order valence-electron chi connectivity index (χ2n) is 13.3. The molecule has 2 N–H and O–H groups in total. The lowest BCUT2D eigenvalue weighted by atomic mass is 10.0. The summed E-state index contributed by atoms with van der Waals surface area (Å²) in [5.41, 5.74) is 5.17. The number of aromatic nitrogens is 1. The lowest BCUT2D eigenvalue weighted by Gasteiger charge is -2.34. The molecule has 0 unspecified atom stereocenters. The maximum Gasteiger partial charge on any atom is 0.251 e. The molecule has 2 aliphatic heterocycles. The predicted octanol–water partition coefficient (Wildman–Crippen LogP) is 8.30. The van der Waals surface area contributed by atoms with E-state index in [9.17, 15) is 14.0 Å². The van der Waals surface area contributed by atoms with E-state index in [1.54, 1.807) is 24.3 Å². The van der Waals surface area contributed by atoms with Gasteiger partial charge in [0, 0.05) is 67.7 Å². The zero-order valence-corrected chi connectivity index (χ0v) is 30.4. The summed E-state index contributed by atoms with van der Waals surface area (Å²) in [6.45, 7) is 15.8. The number of carbonyl (C=O) groups is 2. The van der Waals surface area contributed by atoms with Crippen molar-refractivity contribution >= 4 is 28.8 Å². The molecule has 52 heavy (non-hydrogen) atoms. The highest BCUT2D eigenvalue weighted by Crippen LogP contribution is 2.24. The second-order valence-corrected chi connectivity index (χ2v) is 13.3. The summed E-state index contributed by atoms with van der Waals surface area (Å²) in [5, 5.41) is 6.38. The van der Waals surface area contributed by atoms with Crippen LogP contribution in [0.4, 0.5) is 10.2 Å². The van der Waals surface area contributed by atoms with Gasteiger partial charge in [-0.2, -0.15) is 0 Å². The zero-order valence-electron chi connectivity index (χ0n) is 30.4. The molecule has 1 aromatic heterocycles. The number of pyridine rings is 1. The highest BCUT2D eigenvalue weighted by molar-refractivity contribution is 5.96. The molecule has 2 saturated heterocycles. The van der Waals surface area contributed by atoms with E-state index in [1.165, 1.54) is 12.1 Å². The maximum atomic E-state index is 14.6. The Labute approximate surface area is 308 Å². The Balaban J connectivity index is 1.06. The van der Waals surface area contributed by atoms with Crippen molar-refractivity contribution in [2.75, 3.05) is 31.1 Å². The first-order valence-electron chi connectivity index (χ1n) is 18.2. The Morgan fingerprint density at radius 3 is 1.98 bits per heavy atom. The van der Waals surface area contributed by atoms with Crippen molar-refractivity contribution in [1.82, 2.24) is 20.5 Å². The first-order valence-corrected chi connectivity index (χ1v) is 18.2. The Bertz CT molecular complexity index is 1840. The molecular weight excluding hydrogens is 650 g/mol. The molecule has 0 saturated carbocycles. The number of hydrogen-bond acceptors (Lipinski definition) is 5. The molecule has 0 atom stereocenters. The van der Waals surface area contributed by atoms with E-state index in [1.807, 2.05) is 74.7 Å². The van der Waals surface area contributed by atoms with E-state index in [4.69, 9.17) is 4.98 Å². The number of nitrogens with one attached hydrogen (secondary N) is 2. The van der Waals surface area contributed by atoms with Gasteiger partial charge in [0.15, 0.2) is 0 Å². The summed E-state index contributed by atoms with van der Waals surface area (Å²) in [5.74, 6) is 0.298. The SMILES string of the molecule is C=C/C(=C\C=C/C)c1cccc(C(=O)NC2CCN(Cc3ccc(N4CCC(NC(=O)c5ccc(F)c(/C(C=C)=C/C=C\C)c5)CC4)nc3)CC2)c1. The topological polar surface area (TPSA) is 77.6 Å². The molecule has 3 heterocycles. The van der Waals surface area contributed by atoms with E-state index in [2.05, 4.69) is 45.7 Å². The van der Waals surface area contributed by atoms with Crippen molar-refractivity contribution in [2.24, 2.45) is 0 Å². The Hall–Kier alpha value is -5.34. The number of carbonyl (C=O) groups excluding carboxylic acids is 2. The standard InChI is InChI=1S/C44H50FN5O2/c1-5-9-12-33(7-3)35-14-11-15-36(28-35)43(51)47-38-20-24-49(25-21-38)31-32-16-19-42(46-30-32)50-26-22-39(23-27-50)48-44(52)37-17-18-41(45)40(29-37)34(8-4)13-10-6-2/h5-19,28-30,38-39H,3-4,20-27,31H2,1-2H3,(H,47,51)(H,48,52)/b9-5-,10-6-,33-12+,34-13+. The normalized spacial score (nSPS) is 16.7. The van der Waals surface area contributed by atoms with Gasteiger partial charge in [-0.15, -0.1) is 0 Å². The molecule has 0 bridgehead atoms. The fourth-order valence-electron chi connectivity index (χ4n) is 6.66. The van der Waals surface area contributed by atoms with Gasteiger partial charge in [-0.1, -0.05) is 80.0 Å². The van der Waals surface area contributed by atoms with Gasteiger partial charge < -0.3 is 15.5 Å². The summed E-state index contributed by atoms with van der Waals surface area (Å²) in [4.78, 5) is 35.6. The van der Waals surface area contributed by atoms with Crippen molar-refractivity contribution in [1.29, 1.82) is 0 Å². The molecule has 0 aliphatic carbocycles. The smallest absolute Gasteiger partial charge is 0.251 e. The molecule has 2 fully saturated rings. The zero-order chi connectivity index (χ0) is 36.9. The van der Waals surface area contributed by atoms with E-state index < -0.39 is 0 Å². The minimum absolute atomic E-state index is 0.0299. The fraction of sp³-hybridized carbons (Fsp3) is 0.295. The largest absolute Gasteiger partial charge is 0.356 e. The van der Waals surface area contributed by atoms with Gasteiger partial charge in [0.25, 0.3) is 11.8 Å². The lowest BCUT2D eigenvalue weighted by molar-refractivity contribution is 0.0906. The Morgan fingerprint density at radius 1 is 0.788 bits per heavy atom. The van der Waals surface area contributed by atoms with Crippen molar-refractivity contribution < 1.29 is 14.0 Å². The van der Waals surface area contributed by atoms with Gasteiger partial charge in [-0.25, -0.2) is 9.37 Å².